The van der Waals surface area contributed by atoms with Crippen molar-refractivity contribution in [1.29, 1.82) is 0 Å². The second-order valence-corrected chi connectivity index (χ2v) is 6.19. The number of nitrogens with one attached hydrogen (secondary N) is 2. The van der Waals surface area contributed by atoms with Crippen LogP contribution in [-0.2, 0) is 0 Å². The van der Waals surface area contributed by atoms with E-state index in [-0.39, 0.29) is 16.9 Å². The van der Waals surface area contributed by atoms with E-state index in [2.05, 4.69) is 10.6 Å². The number of hydrogen-bond donors (Lipinski definition) is 2. The van der Waals surface area contributed by atoms with Crippen molar-refractivity contribution in [1.82, 2.24) is 5.32 Å². The van der Waals surface area contributed by atoms with Crippen LogP contribution in [0, 0.1) is 17.0 Å². The fraction of sp³-hybridized carbons (Fsp3) is 0.222. The summed E-state index contributed by atoms with van der Waals surface area (Å²) in [6.07, 6.45) is -0.0819. The zero-order valence-electron chi connectivity index (χ0n) is 14.6. The Balaban J connectivity index is 2.13. The molecule has 0 atom stereocenters. The lowest BCUT2D eigenvalue weighted by atomic mass is 10.1. The highest BCUT2D eigenvalue weighted by Gasteiger charge is 2.17. The Morgan fingerprint density at radius 3 is 2.54 bits per heavy atom. The third-order valence-electron chi connectivity index (χ3n) is 3.47. The number of benzene rings is 2. The monoisotopic (exact) mass is 373 g/mol. The highest BCUT2D eigenvalue weighted by atomic mass is 32.1. The zero-order valence-corrected chi connectivity index (χ0v) is 15.4. The summed E-state index contributed by atoms with van der Waals surface area (Å²) in [6, 6.07) is 11.4. The summed E-state index contributed by atoms with van der Waals surface area (Å²) in [6.45, 7) is 5.34. The molecule has 2 aromatic carbocycles. The first-order chi connectivity index (χ1) is 12.3. The molecule has 0 aromatic heterocycles. The van der Waals surface area contributed by atoms with Crippen LogP contribution in [0.5, 0.6) is 5.75 Å². The van der Waals surface area contributed by atoms with Crippen LogP contribution < -0.4 is 15.4 Å². The molecule has 0 aliphatic carbocycles. The molecular weight excluding hydrogens is 354 g/mol. The lowest BCUT2D eigenvalue weighted by molar-refractivity contribution is -0.385. The minimum absolute atomic E-state index is 0.0280. The summed E-state index contributed by atoms with van der Waals surface area (Å²) in [5.74, 6) is 0.0242. The van der Waals surface area contributed by atoms with Crippen molar-refractivity contribution >= 4 is 34.6 Å². The van der Waals surface area contributed by atoms with Gasteiger partial charge in [-0.25, -0.2) is 0 Å². The number of thiocarbonyl (C=S) groups is 1. The maximum absolute atomic E-state index is 12.5. The number of para-hydroxylation sites is 1. The van der Waals surface area contributed by atoms with Gasteiger partial charge in [0.15, 0.2) is 5.11 Å². The summed E-state index contributed by atoms with van der Waals surface area (Å²) in [4.78, 5) is 23.0. The lowest BCUT2D eigenvalue weighted by Gasteiger charge is -2.15. The average Bonchev–Trinajstić information content (AvgIpc) is 2.56. The van der Waals surface area contributed by atoms with Crippen LogP contribution in [0.25, 0.3) is 0 Å². The van der Waals surface area contributed by atoms with Crippen LogP contribution in [0.4, 0.5) is 11.4 Å². The minimum atomic E-state index is -0.471. The van der Waals surface area contributed by atoms with E-state index in [0.29, 0.717) is 22.6 Å². The number of nitro groups is 1. The Morgan fingerprint density at radius 1 is 1.19 bits per heavy atom. The maximum atomic E-state index is 12.5. The van der Waals surface area contributed by atoms with Crippen molar-refractivity contribution in [3.63, 3.8) is 0 Å². The van der Waals surface area contributed by atoms with Crippen LogP contribution in [0.3, 0.4) is 0 Å². The highest BCUT2D eigenvalue weighted by molar-refractivity contribution is 7.80. The van der Waals surface area contributed by atoms with Gasteiger partial charge < -0.3 is 10.1 Å². The molecule has 2 rings (SSSR count). The van der Waals surface area contributed by atoms with E-state index in [1.165, 1.54) is 6.07 Å². The Kier molecular flexibility index (Phi) is 6.24. The van der Waals surface area contributed by atoms with Gasteiger partial charge in [-0.3, -0.25) is 20.2 Å². The first-order valence-corrected chi connectivity index (χ1v) is 8.32. The first kappa shape index (κ1) is 19.3. The second-order valence-electron chi connectivity index (χ2n) is 5.78. The molecule has 136 valence electrons. The van der Waals surface area contributed by atoms with Crippen molar-refractivity contribution in [3.05, 3.63) is 63.7 Å². The number of anilines is 1. The van der Waals surface area contributed by atoms with Crippen molar-refractivity contribution in [2.24, 2.45) is 0 Å². The molecule has 0 spiro atoms. The van der Waals surface area contributed by atoms with Gasteiger partial charge in [-0.1, -0.05) is 18.2 Å². The summed E-state index contributed by atoms with van der Waals surface area (Å²) in [5.41, 5.74) is 1.20. The summed E-state index contributed by atoms with van der Waals surface area (Å²) < 4.78 is 5.63. The van der Waals surface area contributed by atoms with Crippen LogP contribution >= 0.6 is 12.2 Å². The van der Waals surface area contributed by atoms with Gasteiger partial charge in [-0.2, -0.15) is 0 Å². The molecular formula is C18H19N3O4S. The van der Waals surface area contributed by atoms with Gasteiger partial charge in [0.1, 0.15) is 5.75 Å². The Morgan fingerprint density at radius 2 is 1.88 bits per heavy atom. The predicted molar refractivity (Wildman–Crippen MR) is 104 cm³/mol. The molecule has 8 heteroatoms. The standard InChI is InChI=1S/C18H19N3O4S/c1-11(2)25-16-10-5-4-7-13(16)17(22)20-18(26)19-14-8-6-9-15(12(14)3)21(23)24/h4-11H,1-3H3,(H2,19,20,22,26). The van der Waals surface area contributed by atoms with E-state index in [4.69, 9.17) is 17.0 Å². The average molecular weight is 373 g/mol. The van der Waals surface area contributed by atoms with E-state index in [0.717, 1.165) is 0 Å². The molecule has 0 aliphatic heterocycles. The SMILES string of the molecule is Cc1c(NC(=S)NC(=O)c2ccccc2OC(C)C)cccc1[N+](=O)[O-]. The van der Waals surface area contributed by atoms with E-state index in [1.807, 2.05) is 13.8 Å². The topological polar surface area (TPSA) is 93.5 Å². The van der Waals surface area contributed by atoms with Crippen molar-refractivity contribution in [3.8, 4) is 5.75 Å². The van der Waals surface area contributed by atoms with Crippen LogP contribution in [0.1, 0.15) is 29.8 Å². The molecule has 0 aliphatic rings. The largest absolute Gasteiger partial charge is 0.490 e. The molecule has 2 N–H and O–H groups in total. The second kappa shape index (κ2) is 8.39. The molecule has 26 heavy (non-hydrogen) atoms. The molecule has 0 saturated heterocycles. The molecule has 0 radical (unpaired) electrons. The smallest absolute Gasteiger partial charge is 0.274 e. The number of carbonyl (C=O) groups is 1. The molecule has 7 nitrogen and oxygen atoms in total. The van der Waals surface area contributed by atoms with E-state index >= 15 is 0 Å². The summed E-state index contributed by atoms with van der Waals surface area (Å²) >= 11 is 5.16. The number of ether oxygens (including phenoxy) is 1. The van der Waals surface area contributed by atoms with Gasteiger partial charge in [0.25, 0.3) is 11.6 Å². The van der Waals surface area contributed by atoms with Gasteiger partial charge in [0.2, 0.25) is 0 Å². The molecule has 0 heterocycles. The summed E-state index contributed by atoms with van der Waals surface area (Å²) in [5, 5.41) is 16.4. The number of hydrogen-bond acceptors (Lipinski definition) is 5. The number of nitrogens with zero attached hydrogens (tertiary/aromatic N) is 1. The van der Waals surface area contributed by atoms with Gasteiger partial charge in [-0.15, -0.1) is 0 Å². The minimum Gasteiger partial charge on any atom is -0.490 e. The number of nitro benzene ring substituents is 1. The fourth-order valence-corrected chi connectivity index (χ4v) is 2.49. The van der Waals surface area contributed by atoms with Gasteiger partial charge >= 0.3 is 0 Å². The number of carbonyl (C=O) groups excluding carboxylic acids is 1. The van der Waals surface area contributed by atoms with Gasteiger partial charge in [-0.05, 0) is 51.2 Å². The molecule has 1 amide bonds. The Hall–Kier alpha value is -3.00. The van der Waals surface area contributed by atoms with Crippen molar-refractivity contribution < 1.29 is 14.5 Å². The van der Waals surface area contributed by atoms with Gasteiger partial charge in [0, 0.05) is 6.07 Å². The lowest BCUT2D eigenvalue weighted by Crippen LogP contribution is -2.34. The third kappa shape index (κ3) is 4.76. The number of rotatable bonds is 5. The third-order valence-corrected chi connectivity index (χ3v) is 3.68. The molecule has 0 bridgehead atoms. The van der Waals surface area contributed by atoms with Crippen molar-refractivity contribution in [2.45, 2.75) is 26.9 Å². The van der Waals surface area contributed by atoms with Crippen LogP contribution in [-0.4, -0.2) is 22.0 Å². The molecule has 0 fully saturated rings. The molecule has 2 aromatic rings. The van der Waals surface area contributed by atoms with Crippen molar-refractivity contribution in [2.75, 3.05) is 5.32 Å². The Labute approximate surface area is 156 Å². The zero-order chi connectivity index (χ0) is 19.3. The maximum Gasteiger partial charge on any atom is 0.274 e. The number of amides is 1. The highest BCUT2D eigenvalue weighted by Crippen LogP contribution is 2.25. The molecule has 0 unspecified atom stereocenters. The van der Waals surface area contributed by atoms with Crippen LogP contribution in [0.15, 0.2) is 42.5 Å². The van der Waals surface area contributed by atoms with E-state index in [1.54, 1.807) is 43.3 Å². The van der Waals surface area contributed by atoms with E-state index < -0.39 is 10.8 Å². The normalized spacial score (nSPS) is 10.3. The quantitative estimate of drug-likeness (QED) is 0.470. The van der Waals surface area contributed by atoms with Crippen LogP contribution in [0.2, 0.25) is 0 Å². The first-order valence-electron chi connectivity index (χ1n) is 7.91. The summed E-state index contributed by atoms with van der Waals surface area (Å²) in [7, 11) is 0. The molecule has 0 saturated carbocycles. The predicted octanol–water partition coefficient (Wildman–Crippen LogP) is 3.82. The fourth-order valence-electron chi connectivity index (χ4n) is 2.29. The Bertz CT molecular complexity index is 852. The van der Waals surface area contributed by atoms with E-state index in [9.17, 15) is 14.9 Å². The van der Waals surface area contributed by atoms with Gasteiger partial charge in [0.05, 0.1) is 27.8 Å².